The topological polar surface area (TPSA) is 122 Å². The molecule has 0 bridgehead atoms. The van der Waals surface area contributed by atoms with Gasteiger partial charge in [0.1, 0.15) is 5.56 Å². The molecule has 3 rings (SSSR count). The Hall–Kier alpha value is -3.14. The fourth-order valence-electron chi connectivity index (χ4n) is 3.38. The molecule has 1 fully saturated rings. The normalized spacial score (nSPS) is 15.7. The van der Waals surface area contributed by atoms with Crippen LogP contribution in [0, 0.1) is 11.7 Å². The number of nitrogens with two attached hydrogens (primary N) is 1. The number of amides is 1. The monoisotopic (exact) mass is 436 g/mol. The minimum Gasteiger partial charge on any atom is -0.494 e. The first kappa shape index (κ1) is 24.1. The molecular weight excluding hydrogens is 407 g/mol. The van der Waals surface area contributed by atoms with E-state index in [1.165, 1.54) is 19.2 Å². The number of methoxy groups -OCH3 is 1. The first-order valence-corrected chi connectivity index (χ1v) is 9.89. The van der Waals surface area contributed by atoms with Gasteiger partial charge in [-0.3, -0.25) is 9.59 Å². The summed E-state index contributed by atoms with van der Waals surface area (Å²) in [5.41, 5.74) is 6.70. The van der Waals surface area contributed by atoms with Crippen LogP contribution in [0.3, 0.4) is 0 Å². The number of anilines is 1. The zero-order valence-electron chi connectivity index (χ0n) is 18.2. The van der Waals surface area contributed by atoms with Crippen molar-refractivity contribution in [1.29, 1.82) is 0 Å². The molecule has 1 aliphatic heterocycles. The van der Waals surface area contributed by atoms with Gasteiger partial charge in [0.2, 0.25) is 0 Å². The number of piperidine rings is 1. The van der Waals surface area contributed by atoms with E-state index in [9.17, 15) is 9.18 Å². The van der Waals surface area contributed by atoms with Crippen molar-refractivity contribution < 1.29 is 28.3 Å². The average molecular weight is 436 g/mol. The van der Waals surface area contributed by atoms with E-state index >= 15 is 0 Å². The van der Waals surface area contributed by atoms with E-state index in [1.807, 2.05) is 0 Å². The molecule has 0 aliphatic carbocycles. The van der Waals surface area contributed by atoms with E-state index < -0.39 is 11.8 Å². The molecule has 2 heterocycles. The van der Waals surface area contributed by atoms with Crippen LogP contribution in [0.15, 0.2) is 22.7 Å². The Morgan fingerprint density at radius 3 is 2.68 bits per heavy atom. The van der Waals surface area contributed by atoms with Crippen molar-refractivity contribution in [2.45, 2.75) is 19.8 Å². The maximum atomic E-state index is 13.8. The van der Waals surface area contributed by atoms with Crippen molar-refractivity contribution in [1.82, 2.24) is 10.1 Å². The van der Waals surface area contributed by atoms with E-state index in [2.05, 4.69) is 5.16 Å². The first-order valence-electron chi connectivity index (χ1n) is 9.89. The van der Waals surface area contributed by atoms with Gasteiger partial charge in [0.15, 0.2) is 23.1 Å². The van der Waals surface area contributed by atoms with Crippen molar-refractivity contribution in [2.24, 2.45) is 11.7 Å². The van der Waals surface area contributed by atoms with Crippen LogP contribution in [-0.2, 0) is 4.79 Å². The lowest BCUT2D eigenvalue weighted by atomic mass is 9.97. The van der Waals surface area contributed by atoms with Crippen LogP contribution in [0.1, 0.15) is 30.1 Å². The van der Waals surface area contributed by atoms with Gasteiger partial charge in [0.25, 0.3) is 11.9 Å². The number of likely N-dealkylation sites (tertiary alicyclic amines) is 1. The number of ether oxygens (including phenoxy) is 1. The van der Waals surface area contributed by atoms with Crippen molar-refractivity contribution in [3.8, 4) is 17.1 Å². The Morgan fingerprint density at radius 1 is 1.42 bits per heavy atom. The molecule has 1 aliphatic rings. The summed E-state index contributed by atoms with van der Waals surface area (Å²) < 4.78 is 24.3. The number of carbonyl (C=O) groups is 2. The van der Waals surface area contributed by atoms with Crippen LogP contribution >= 0.6 is 0 Å². The zero-order valence-corrected chi connectivity index (χ0v) is 18.2. The number of carboxylic acid groups (broad SMARTS) is 1. The molecule has 10 heteroatoms. The molecule has 0 spiro atoms. The number of aliphatic carboxylic acids is 1. The van der Waals surface area contributed by atoms with Gasteiger partial charge in [-0.25, -0.2) is 4.39 Å². The van der Waals surface area contributed by atoms with Crippen molar-refractivity contribution in [3.63, 3.8) is 0 Å². The van der Waals surface area contributed by atoms with Crippen LogP contribution in [-0.4, -0.2) is 67.9 Å². The molecule has 1 aromatic heterocycles. The number of carboxylic acids is 1. The fraction of sp³-hybridized carbons (Fsp3) is 0.476. The van der Waals surface area contributed by atoms with E-state index in [-0.39, 0.29) is 11.7 Å². The highest BCUT2D eigenvalue weighted by atomic mass is 19.1. The zero-order chi connectivity index (χ0) is 23.1. The molecule has 1 saturated heterocycles. The molecule has 170 valence electrons. The maximum absolute atomic E-state index is 13.8. The van der Waals surface area contributed by atoms with Gasteiger partial charge in [0.05, 0.1) is 7.11 Å². The molecule has 0 saturated carbocycles. The molecule has 31 heavy (non-hydrogen) atoms. The number of aromatic nitrogens is 1. The summed E-state index contributed by atoms with van der Waals surface area (Å²) in [6, 6.07) is 4.34. The minimum atomic E-state index is -0.833. The Kier molecular flexibility index (Phi) is 8.38. The van der Waals surface area contributed by atoms with Crippen LogP contribution in [0.2, 0.25) is 0 Å². The lowest BCUT2D eigenvalue weighted by Gasteiger charge is -2.32. The van der Waals surface area contributed by atoms with Gasteiger partial charge in [-0.1, -0.05) is 5.16 Å². The van der Waals surface area contributed by atoms with E-state index in [0.717, 1.165) is 19.8 Å². The summed E-state index contributed by atoms with van der Waals surface area (Å²) in [6.07, 6.45) is 1.93. The summed E-state index contributed by atoms with van der Waals surface area (Å²) in [5, 5.41) is 11.5. The average Bonchev–Trinajstić information content (AvgIpc) is 3.18. The standard InChI is InChI=1S/C19H25FN4O3.C2H4O2/c1-23(2)18-16(19(25)24-8-4-5-12(10-21)11-24)17(27-22-18)13-6-7-14(20)15(9-13)26-3;1-2(3)4/h6-7,9,12H,4-5,8,10-11,21H2,1-3H3;1H3,(H,3,4). The second-order valence-electron chi connectivity index (χ2n) is 7.47. The smallest absolute Gasteiger partial charge is 0.300 e. The second kappa shape index (κ2) is 10.8. The summed E-state index contributed by atoms with van der Waals surface area (Å²) in [5.74, 6) is -0.362. The molecule has 0 radical (unpaired) electrons. The number of hydrogen-bond donors (Lipinski definition) is 2. The van der Waals surface area contributed by atoms with Crippen LogP contribution in [0.25, 0.3) is 11.3 Å². The number of carbonyl (C=O) groups excluding carboxylic acids is 1. The second-order valence-corrected chi connectivity index (χ2v) is 7.47. The molecule has 1 amide bonds. The molecule has 2 aromatic rings. The summed E-state index contributed by atoms with van der Waals surface area (Å²) >= 11 is 0. The van der Waals surface area contributed by atoms with Gasteiger partial charge in [-0.2, -0.15) is 0 Å². The predicted molar refractivity (Wildman–Crippen MR) is 114 cm³/mol. The number of rotatable bonds is 5. The third-order valence-electron chi connectivity index (χ3n) is 4.86. The molecular formula is C21H29FN4O5. The van der Waals surface area contributed by atoms with Gasteiger partial charge in [0, 0.05) is 39.7 Å². The lowest BCUT2D eigenvalue weighted by Crippen LogP contribution is -2.42. The summed E-state index contributed by atoms with van der Waals surface area (Å²) in [7, 11) is 4.98. The van der Waals surface area contributed by atoms with E-state index in [1.54, 1.807) is 30.0 Å². The predicted octanol–water partition coefficient (Wildman–Crippen LogP) is 2.46. The minimum absolute atomic E-state index is 0.0786. The first-order chi connectivity index (χ1) is 14.7. The van der Waals surface area contributed by atoms with Gasteiger partial charge < -0.3 is 29.9 Å². The van der Waals surface area contributed by atoms with Gasteiger partial charge in [-0.05, 0) is 43.5 Å². The lowest BCUT2D eigenvalue weighted by molar-refractivity contribution is -0.134. The van der Waals surface area contributed by atoms with Crippen molar-refractivity contribution in [2.75, 3.05) is 45.7 Å². The Morgan fingerprint density at radius 2 is 2.10 bits per heavy atom. The van der Waals surface area contributed by atoms with Crippen molar-refractivity contribution in [3.05, 3.63) is 29.6 Å². The van der Waals surface area contributed by atoms with Crippen molar-refractivity contribution >= 4 is 17.7 Å². The maximum Gasteiger partial charge on any atom is 0.300 e. The molecule has 9 nitrogen and oxygen atoms in total. The largest absolute Gasteiger partial charge is 0.494 e. The third kappa shape index (κ3) is 5.94. The SMILES string of the molecule is CC(=O)O.COc1cc(-c2onc(N(C)C)c2C(=O)N2CCCC(CN)C2)ccc1F. The van der Waals surface area contributed by atoms with Gasteiger partial charge in [-0.15, -0.1) is 0 Å². The van der Waals surface area contributed by atoms with Crippen LogP contribution in [0.5, 0.6) is 5.75 Å². The quantitative estimate of drug-likeness (QED) is 0.733. The molecule has 1 aromatic carbocycles. The molecule has 3 N–H and O–H groups in total. The van der Waals surface area contributed by atoms with E-state index in [4.69, 9.17) is 24.9 Å². The highest BCUT2D eigenvalue weighted by Gasteiger charge is 2.32. The van der Waals surface area contributed by atoms with E-state index in [0.29, 0.717) is 48.3 Å². The number of hydrogen-bond acceptors (Lipinski definition) is 7. The fourth-order valence-corrected chi connectivity index (χ4v) is 3.38. The number of benzene rings is 1. The number of nitrogens with zero attached hydrogens (tertiary/aromatic N) is 3. The third-order valence-corrected chi connectivity index (χ3v) is 4.86. The Labute approximate surface area is 180 Å². The van der Waals surface area contributed by atoms with Gasteiger partial charge >= 0.3 is 0 Å². The highest BCUT2D eigenvalue weighted by Crippen LogP contribution is 2.35. The highest BCUT2D eigenvalue weighted by molar-refractivity contribution is 6.04. The Balaban J connectivity index is 0.000000785. The van der Waals surface area contributed by atoms with Crippen LogP contribution in [0.4, 0.5) is 10.2 Å². The summed E-state index contributed by atoms with van der Waals surface area (Å²) in [6.45, 7) is 2.91. The number of halogens is 1. The molecule has 1 atom stereocenters. The summed E-state index contributed by atoms with van der Waals surface area (Å²) in [4.78, 5) is 25.8. The Bertz CT molecular complexity index is 911. The molecule has 1 unspecified atom stereocenters. The van der Waals surface area contributed by atoms with Crippen LogP contribution < -0.4 is 15.4 Å².